The number of carbonyl (C=O) groups excluding carboxylic acids is 1. The lowest BCUT2D eigenvalue weighted by Gasteiger charge is -2.14. The Morgan fingerprint density at radius 1 is 1.36 bits per heavy atom. The summed E-state index contributed by atoms with van der Waals surface area (Å²) in [6.07, 6.45) is 5.01. The summed E-state index contributed by atoms with van der Waals surface area (Å²) in [5.41, 5.74) is 3.43. The van der Waals surface area contributed by atoms with E-state index in [2.05, 4.69) is 21.4 Å². The van der Waals surface area contributed by atoms with E-state index in [0.717, 1.165) is 35.0 Å². The standard InChI is InChI=1S/C19H19N3O3/c1-24-17-10-14(22-19(23)16-3-2-8-25-16)4-5-15(17)13-9-12-6-7-20-18(12)21-11-13/h4-7,9-11,16H,2-3,8H2,1H3,(H,20,21)(H,22,23). The Bertz CT molecular complexity index is 913. The van der Waals surface area contributed by atoms with Gasteiger partial charge in [0, 0.05) is 47.3 Å². The quantitative estimate of drug-likeness (QED) is 0.765. The third kappa shape index (κ3) is 3.08. The number of carbonyl (C=O) groups is 1. The molecule has 6 heteroatoms. The normalized spacial score (nSPS) is 16.9. The second kappa shape index (κ2) is 6.57. The van der Waals surface area contributed by atoms with E-state index < -0.39 is 0 Å². The van der Waals surface area contributed by atoms with Gasteiger partial charge in [-0.05, 0) is 37.1 Å². The monoisotopic (exact) mass is 337 g/mol. The molecule has 2 N–H and O–H groups in total. The van der Waals surface area contributed by atoms with E-state index in [-0.39, 0.29) is 12.0 Å². The highest BCUT2D eigenvalue weighted by Gasteiger charge is 2.23. The number of amides is 1. The van der Waals surface area contributed by atoms with E-state index in [1.54, 1.807) is 13.3 Å². The van der Waals surface area contributed by atoms with Crippen LogP contribution in [-0.2, 0) is 9.53 Å². The first-order chi connectivity index (χ1) is 12.2. The van der Waals surface area contributed by atoms with Crippen LogP contribution in [0.15, 0.2) is 42.7 Å². The summed E-state index contributed by atoms with van der Waals surface area (Å²) in [6.45, 7) is 0.648. The van der Waals surface area contributed by atoms with Gasteiger partial charge in [-0.2, -0.15) is 0 Å². The van der Waals surface area contributed by atoms with Crippen molar-refractivity contribution in [3.63, 3.8) is 0 Å². The molecule has 1 amide bonds. The molecule has 1 fully saturated rings. The molecule has 25 heavy (non-hydrogen) atoms. The van der Waals surface area contributed by atoms with Crippen molar-refractivity contribution in [3.05, 3.63) is 42.7 Å². The highest BCUT2D eigenvalue weighted by molar-refractivity contribution is 5.95. The van der Waals surface area contributed by atoms with E-state index in [4.69, 9.17) is 9.47 Å². The molecule has 1 aliphatic heterocycles. The van der Waals surface area contributed by atoms with Gasteiger partial charge in [0.1, 0.15) is 17.5 Å². The smallest absolute Gasteiger partial charge is 0.253 e. The Kier molecular flexibility index (Phi) is 4.11. The largest absolute Gasteiger partial charge is 0.496 e. The van der Waals surface area contributed by atoms with Crippen LogP contribution in [0.2, 0.25) is 0 Å². The molecule has 1 aromatic carbocycles. The minimum atomic E-state index is -0.356. The van der Waals surface area contributed by atoms with Crippen LogP contribution < -0.4 is 10.1 Å². The van der Waals surface area contributed by atoms with Crippen molar-refractivity contribution >= 4 is 22.6 Å². The van der Waals surface area contributed by atoms with Gasteiger partial charge in [-0.15, -0.1) is 0 Å². The van der Waals surface area contributed by atoms with Crippen LogP contribution >= 0.6 is 0 Å². The van der Waals surface area contributed by atoms with Gasteiger partial charge >= 0.3 is 0 Å². The fraction of sp³-hybridized carbons (Fsp3) is 0.263. The lowest BCUT2D eigenvalue weighted by molar-refractivity contribution is -0.124. The molecular formula is C19H19N3O3. The van der Waals surface area contributed by atoms with Gasteiger partial charge in [-0.1, -0.05) is 0 Å². The lowest BCUT2D eigenvalue weighted by atomic mass is 10.0. The first kappa shape index (κ1) is 15.7. The molecular weight excluding hydrogens is 318 g/mol. The number of H-pyrrole nitrogens is 1. The van der Waals surface area contributed by atoms with E-state index in [1.807, 2.05) is 30.5 Å². The molecule has 1 saturated heterocycles. The molecule has 6 nitrogen and oxygen atoms in total. The number of pyridine rings is 1. The molecule has 0 bridgehead atoms. The molecule has 2 aromatic heterocycles. The van der Waals surface area contributed by atoms with E-state index in [9.17, 15) is 4.79 Å². The molecule has 3 heterocycles. The fourth-order valence-electron chi connectivity index (χ4n) is 3.10. The van der Waals surface area contributed by atoms with Crippen LogP contribution in [0, 0.1) is 0 Å². The Labute approximate surface area is 145 Å². The minimum absolute atomic E-state index is 0.109. The zero-order chi connectivity index (χ0) is 17.2. The molecule has 0 saturated carbocycles. The summed E-state index contributed by atoms with van der Waals surface area (Å²) in [5.74, 6) is 0.574. The molecule has 1 unspecified atom stereocenters. The number of fused-ring (bicyclic) bond motifs is 1. The predicted molar refractivity (Wildman–Crippen MR) is 95.7 cm³/mol. The van der Waals surface area contributed by atoms with Crippen LogP contribution in [0.1, 0.15) is 12.8 Å². The Hall–Kier alpha value is -2.86. The highest BCUT2D eigenvalue weighted by Crippen LogP contribution is 2.33. The Morgan fingerprint density at radius 2 is 2.28 bits per heavy atom. The van der Waals surface area contributed by atoms with Crippen LogP contribution in [0.3, 0.4) is 0 Å². The molecule has 0 spiro atoms. The number of nitrogens with one attached hydrogen (secondary N) is 2. The summed E-state index contributed by atoms with van der Waals surface area (Å²) in [5, 5.41) is 3.94. The van der Waals surface area contributed by atoms with Gasteiger partial charge in [0.25, 0.3) is 5.91 Å². The molecule has 3 aromatic rings. The third-order valence-electron chi connectivity index (χ3n) is 4.40. The lowest BCUT2D eigenvalue weighted by Crippen LogP contribution is -2.26. The summed E-state index contributed by atoms with van der Waals surface area (Å²) in [7, 11) is 1.62. The maximum atomic E-state index is 12.2. The number of aromatic nitrogens is 2. The van der Waals surface area contributed by atoms with E-state index in [1.165, 1.54) is 0 Å². The van der Waals surface area contributed by atoms with Crippen LogP contribution in [0.5, 0.6) is 5.75 Å². The SMILES string of the molecule is COc1cc(NC(=O)C2CCCO2)ccc1-c1cnc2[nH]ccc2c1. The molecule has 0 radical (unpaired) electrons. The van der Waals surface area contributed by atoms with E-state index in [0.29, 0.717) is 18.0 Å². The molecule has 1 atom stereocenters. The van der Waals surface area contributed by atoms with Crippen molar-refractivity contribution in [1.29, 1.82) is 0 Å². The first-order valence-corrected chi connectivity index (χ1v) is 8.28. The number of methoxy groups -OCH3 is 1. The summed E-state index contributed by atoms with van der Waals surface area (Å²) in [6, 6.07) is 9.66. The summed E-state index contributed by atoms with van der Waals surface area (Å²) < 4.78 is 10.9. The molecule has 4 rings (SSSR count). The van der Waals surface area contributed by atoms with Gasteiger partial charge in [0.05, 0.1) is 7.11 Å². The van der Waals surface area contributed by atoms with Gasteiger partial charge < -0.3 is 19.8 Å². The topological polar surface area (TPSA) is 76.2 Å². The number of anilines is 1. The Balaban J connectivity index is 1.61. The summed E-state index contributed by atoms with van der Waals surface area (Å²) >= 11 is 0. The average molecular weight is 337 g/mol. The number of ether oxygens (including phenoxy) is 2. The number of aromatic amines is 1. The molecule has 0 aliphatic carbocycles. The van der Waals surface area contributed by atoms with Crippen LogP contribution in [0.4, 0.5) is 5.69 Å². The van der Waals surface area contributed by atoms with Gasteiger partial charge in [-0.3, -0.25) is 4.79 Å². The fourth-order valence-corrected chi connectivity index (χ4v) is 3.10. The average Bonchev–Trinajstić information content (AvgIpc) is 3.32. The third-order valence-corrected chi connectivity index (χ3v) is 4.40. The Morgan fingerprint density at radius 3 is 3.08 bits per heavy atom. The maximum Gasteiger partial charge on any atom is 0.253 e. The number of hydrogen-bond acceptors (Lipinski definition) is 4. The highest BCUT2D eigenvalue weighted by atomic mass is 16.5. The zero-order valence-corrected chi connectivity index (χ0v) is 13.9. The van der Waals surface area contributed by atoms with E-state index >= 15 is 0 Å². The molecule has 1 aliphatic rings. The van der Waals surface area contributed by atoms with Crippen molar-refractivity contribution in [2.24, 2.45) is 0 Å². The second-order valence-corrected chi connectivity index (χ2v) is 6.05. The number of nitrogens with zero attached hydrogens (tertiary/aromatic N) is 1. The van der Waals surface area contributed by atoms with Crippen molar-refractivity contribution in [2.45, 2.75) is 18.9 Å². The number of rotatable bonds is 4. The van der Waals surface area contributed by atoms with Crippen molar-refractivity contribution in [3.8, 4) is 16.9 Å². The van der Waals surface area contributed by atoms with Crippen molar-refractivity contribution in [2.75, 3.05) is 19.0 Å². The second-order valence-electron chi connectivity index (χ2n) is 6.05. The van der Waals surface area contributed by atoms with Gasteiger partial charge in [0.15, 0.2) is 0 Å². The molecule has 128 valence electrons. The van der Waals surface area contributed by atoms with Crippen molar-refractivity contribution in [1.82, 2.24) is 9.97 Å². The van der Waals surface area contributed by atoms with Gasteiger partial charge in [0.2, 0.25) is 0 Å². The van der Waals surface area contributed by atoms with Crippen molar-refractivity contribution < 1.29 is 14.3 Å². The first-order valence-electron chi connectivity index (χ1n) is 8.28. The minimum Gasteiger partial charge on any atom is -0.496 e. The van der Waals surface area contributed by atoms with Crippen LogP contribution in [0.25, 0.3) is 22.2 Å². The number of benzene rings is 1. The number of hydrogen-bond donors (Lipinski definition) is 2. The van der Waals surface area contributed by atoms with Gasteiger partial charge in [-0.25, -0.2) is 4.98 Å². The maximum absolute atomic E-state index is 12.2. The predicted octanol–water partition coefficient (Wildman–Crippen LogP) is 3.36. The zero-order valence-electron chi connectivity index (χ0n) is 13.9. The van der Waals surface area contributed by atoms with Crippen LogP contribution in [-0.4, -0.2) is 35.7 Å². The summed E-state index contributed by atoms with van der Waals surface area (Å²) in [4.78, 5) is 19.7.